The Kier molecular flexibility index (Phi) is 12.3. The number of rotatable bonds is 11. The van der Waals surface area contributed by atoms with Crippen LogP contribution in [0.4, 0.5) is 22.0 Å². The lowest BCUT2D eigenvalue weighted by Gasteiger charge is -2.43. The van der Waals surface area contributed by atoms with Crippen LogP contribution in [-0.2, 0) is 28.4 Å². The second kappa shape index (κ2) is 17.7. The zero-order valence-electron chi connectivity index (χ0n) is 29.0. The third-order valence-electron chi connectivity index (χ3n) is 8.39. The Hall–Kier alpha value is -6.94. The van der Waals surface area contributed by atoms with Gasteiger partial charge in [0.05, 0.1) is 27.8 Å². The summed E-state index contributed by atoms with van der Waals surface area (Å²) in [5.74, 6) is -12.5. The minimum atomic E-state index is -2.30. The van der Waals surface area contributed by atoms with Crippen LogP contribution in [0, 0.1) is 29.1 Å². The standard InChI is InChI=1S/C41H27F5O11/c42-27-16-6-1-11-22(27)36(47)52-21-32-33(54-37(48)23-12-2-7-17-28(23)43)34(55-38(49)24-13-3-8-18-29(24)44)35(56-39(50)25-14-4-9-19-30(25)45)41(53-32)57-40(51)26-15-5-10-20-31(26)46/h1-20,32-35,41H,21H2/t32-,33-,34+,35-,41+/m1/s1. The lowest BCUT2D eigenvalue weighted by Crippen LogP contribution is -2.63. The highest BCUT2D eigenvalue weighted by Crippen LogP contribution is 2.33. The van der Waals surface area contributed by atoms with Crippen molar-refractivity contribution < 1.29 is 74.3 Å². The van der Waals surface area contributed by atoms with Crippen LogP contribution in [0.25, 0.3) is 0 Å². The first-order chi connectivity index (χ1) is 27.4. The highest BCUT2D eigenvalue weighted by molar-refractivity contribution is 5.92. The van der Waals surface area contributed by atoms with Gasteiger partial charge in [-0.1, -0.05) is 60.7 Å². The van der Waals surface area contributed by atoms with Gasteiger partial charge < -0.3 is 28.4 Å². The van der Waals surface area contributed by atoms with Crippen LogP contribution in [0.15, 0.2) is 121 Å². The average molecular weight is 791 g/mol. The number of carbonyl (C=O) groups is 5. The van der Waals surface area contributed by atoms with E-state index in [1.54, 1.807) is 0 Å². The molecule has 1 aliphatic heterocycles. The van der Waals surface area contributed by atoms with Crippen LogP contribution in [0.5, 0.6) is 0 Å². The predicted molar refractivity (Wildman–Crippen MR) is 184 cm³/mol. The summed E-state index contributed by atoms with van der Waals surface area (Å²) in [6, 6.07) is 22.4. The normalized spacial score (nSPS) is 18.8. The van der Waals surface area contributed by atoms with E-state index >= 15 is 0 Å². The molecule has 16 heteroatoms. The van der Waals surface area contributed by atoms with Crippen molar-refractivity contribution >= 4 is 29.8 Å². The molecule has 0 aliphatic carbocycles. The summed E-state index contributed by atoms with van der Waals surface area (Å²) in [6.45, 7) is -1.03. The van der Waals surface area contributed by atoms with Gasteiger partial charge in [0.15, 0.2) is 12.2 Å². The second-order valence-electron chi connectivity index (χ2n) is 12.1. The number of benzene rings is 5. The van der Waals surface area contributed by atoms with Crippen LogP contribution >= 0.6 is 0 Å². The van der Waals surface area contributed by atoms with Gasteiger partial charge in [-0.15, -0.1) is 0 Å². The summed E-state index contributed by atoms with van der Waals surface area (Å²) >= 11 is 0. The van der Waals surface area contributed by atoms with Gasteiger partial charge in [-0.3, -0.25) is 0 Å². The van der Waals surface area contributed by atoms with Gasteiger partial charge in [0.2, 0.25) is 12.4 Å². The first-order valence-corrected chi connectivity index (χ1v) is 16.8. The SMILES string of the molecule is O=C(OC[C@H]1O[C@@H](OC(=O)c2ccccc2F)[C@H](OC(=O)c2ccccc2F)[C@@H](OC(=O)c2ccccc2F)[C@@H]1OC(=O)c1ccccc1F)c1ccccc1F. The van der Waals surface area contributed by atoms with E-state index in [-0.39, 0.29) is 0 Å². The number of esters is 5. The molecule has 0 bridgehead atoms. The molecule has 0 radical (unpaired) electrons. The van der Waals surface area contributed by atoms with Crippen molar-refractivity contribution in [2.24, 2.45) is 0 Å². The molecule has 57 heavy (non-hydrogen) atoms. The zero-order chi connectivity index (χ0) is 40.6. The lowest BCUT2D eigenvalue weighted by atomic mass is 9.97. The van der Waals surface area contributed by atoms with Crippen molar-refractivity contribution in [1.82, 2.24) is 0 Å². The zero-order valence-corrected chi connectivity index (χ0v) is 29.0. The molecule has 11 nitrogen and oxygen atoms in total. The third-order valence-corrected chi connectivity index (χ3v) is 8.39. The predicted octanol–water partition coefficient (Wildman–Crippen LogP) is 6.80. The fraction of sp³-hybridized carbons (Fsp3) is 0.146. The fourth-order valence-corrected chi connectivity index (χ4v) is 5.61. The van der Waals surface area contributed by atoms with Crippen molar-refractivity contribution in [3.8, 4) is 0 Å². The molecular formula is C41H27F5O11. The van der Waals surface area contributed by atoms with Gasteiger partial charge in [0.25, 0.3) is 0 Å². The summed E-state index contributed by atoms with van der Waals surface area (Å²) in [5, 5.41) is 0. The van der Waals surface area contributed by atoms with E-state index < -0.39 is 124 Å². The molecule has 0 amide bonds. The number of hydrogen-bond acceptors (Lipinski definition) is 11. The number of halogens is 5. The van der Waals surface area contributed by atoms with Gasteiger partial charge >= 0.3 is 29.8 Å². The topological polar surface area (TPSA) is 141 Å². The molecule has 6 rings (SSSR count). The Balaban J connectivity index is 1.47. The Morgan fingerprint density at radius 3 is 1.07 bits per heavy atom. The van der Waals surface area contributed by atoms with Crippen LogP contribution < -0.4 is 0 Å². The largest absolute Gasteiger partial charge is 0.459 e. The van der Waals surface area contributed by atoms with Crippen LogP contribution in [0.2, 0.25) is 0 Å². The maximum Gasteiger partial charge on any atom is 0.343 e. The highest BCUT2D eigenvalue weighted by Gasteiger charge is 2.55. The van der Waals surface area contributed by atoms with Gasteiger partial charge in [0.1, 0.15) is 41.8 Å². The fourth-order valence-electron chi connectivity index (χ4n) is 5.61. The maximum atomic E-state index is 14.9. The molecular weight excluding hydrogens is 763 g/mol. The van der Waals surface area contributed by atoms with E-state index in [1.807, 2.05) is 0 Å². The smallest absolute Gasteiger partial charge is 0.343 e. The van der Waals surface area contributed by atoms with Crippen molar-refractivity contribution in [3.63, 3.8) is 0 Å². The summed E-state index contributed by atoms with van der Waals surface area (Å²) < 4.78 is 107. The van der Waals surface area contributed by atoms with E-state index in [4.69, 9.17) is 28.4 Å². The van der Waals surface area contributed by atoms with E-state index in [0.29, 0.717) is 0 Å². The van der Waals surface area contributed by atoms with Crippen LogP contribution in [0.3, 0.4) is 0 Å². The van der Waals surface area contributed by atoms with E-state index in [0.717, 1.165) is 60.7 Å². The Bertz CT molecular complexity index is 2320. The number of hydrogen-bond donors (Lipinski definition) is 0. The Morgan fingerprint density at radius 1 is 0.404 bits per heavy atom. The van der Waals surface area contributed by atoms with Gasteiger partial charge in [-0.2, -0.15) is 0 Å². The monoisotopic (exact) mass is 790 g/mol. The van der Waals surface area contributed by atoms with Crippen molar-refractivity contribution in [3.05, 3.63) is 178 Å². The van der Waals surface area contributed by atoms with Gasteiger partial charge in [0, 0.05) is 0 Å². The minimum Gasteiger partial charge on any atom is -0.459 e. The van der Waals surface area contributed by atoms with Gasteiger partial charge in [-0.05, 0) is 60.7 Å². The molecule has 5 aromatic rings. The van der Waals surface area contributed by atoms with E-state index in [2.05, 4.69) is 0 Å². The van der Waals surface area contributed by atoms with Crippen molar-refractivity contribution in [2.75, 3.05) is 6.61 Å². The first-order valence-electron chi connectivity index (χ1n) is 16.8. The van der Waals surface area contributed by atoms with Gasteiger partial charge in [-0.25, -0.2) is 45.9 Å². The molecule has 292 valence electrons. The first kappa shape index (κ1) is 39.7. The van der Waals surface area contributed by atoms with E-state index in [9.17, 15) is 45.9 Å². The number of ether oxygens (including phenoxy) is 6. The maximum absolute atomic E-state index is 14.9. The molecule has 1 fully saturated rings. The van der Waals surface area contributed by atoms with E-state index in [1.165, 1.54) is 60.7 Å². The minimum absolute atomic E-state index is 0.560. The molecule has 5 atom stereocenters. The van der Waals surface area contributed by atoms with Crippen LogP contribution in [-0.4, -0.2) is 67.2 Å². The molecule has 0 aromatic heterocycles. The summed E-state index contributed by atoms with van der Waals surface area (Å²) in [7, 11) is 0. The molecule has 0 unspecified atom stereocenters. The molecule has 1 heterocycles. The molecule has 1 saturated heterocycles. The Labute approximate surface area is 319 Å². The lowest BCUT2D eigenvalue weighted by molar-refractivity contribution is -0.283. The molecule has 0 spiro atoms. The summed E-state index contributed by atoms with van der Waals surface area (Å²) in [4.78, 5) is 67.2. The summed E-state index contributed by atoms with van der Waals surface area (Å²) in [6.07, 6.45) is -10.9. The quantitative estimate of drug-likeness (QED) is 0.0793. The molecule has 1 aliphatic rings. The third kappa shape index (κ3) is 9.13. The number of carbonyl (C=O) groups excluding carboxylic acids is 5. The van der Waals surface area contributed by atoms with Crippen LogP contribution in [0.1, 0.15) is 51.8 Å². The second-order valence-corrected chi connectivity index (χ2v) is 12.1. The van der Waals surface area contributed by atoms with Crippen molar-refractivity contribution in [2.45, 2.75) is 30.7 Å². The van der Waals surface area contributed by atoms with Crippen molar-refractivity contribution in [1.29, 1.82) is 0 Å². The molecule has 5 aromatic carbocycles. The Morgan fingerprint density at radius 2 is 0.702 bits per heavy atom. The summed E-state index contributed by atoms with van der Waals surface area (Å²) in [5.41, 5.74) is -3.31. The average Bonchev–Trinajstić information content (AvgIpc) is 3.19. The highest BCUT2D eigenvalue weighted by atomic mass is 19.1. The molecule has 0 N–H and O–H groups in total. The molecule has 0 saturated carbocycles.